The van der Waals surface area contributed by atoms with Crippen LogP contribution in [-0.4, -0.2) is 16.6 Å². The van der Waals surface area contributed by atoms with E-state index in [2.05, 4.69) is 4.98 Å². The van der Waals surface area contributed by atoms with E-state index in [9.17, 15) is 4.39 Å². The van der Waals surface area contributed by atoms with E-state index in [1.807, 2.05) is 12.4 Å². The highest BCUT2D eigenvalue weighted by molar-refractivity contribution is 7.80. The van der Waals surface area contributed by atoms with Gasteiger partial charge in [-0.25, -0.2) is 9.37 Å². The Labute approximate surface area is 126 Å². The van der Waals surface area contributed by atoms with Gasteiger partial charge in [0, 0.05) is 16.9 Å². The number of aryl methyl sites for hydroxylation is 1. The van der Waals surface area contributed by atoms with Crippen LogP contribution in [0.15, 0.2) is 23.7 Å². The summed E-state index contributed by atoms with van der Waals surface area (Å²) in [6, 6.07) is 4.51. The zero-order valence-corrected chi connectivity index (χ0v) is 12.7. The van der Waals surface area contributed by atoms with Crippen LogP contribution in [0.1, 0.15) is 21.7 Å². The third-order valence-electron chi connectivity index (χ3n) is 2.83. The molecule has 2 rings (SSSR count). The van der Waals surface area contributed by atoms with Gasteiger partial charge < -0.3 is 10.5 Å². The number of nitrogens with two attached hydrogens (primary N) is 1. The van der Waals surface area contributed by atoms with Gasteiger partial charge in [0.15, 0.2) is 0 Å². The number of hydrogen-bond donors (Lipinski definition) is 1. The third-order valence-corrected chi connectivity index (χ3v) is 4.06. The first-order valence-corrected chi connectivity index (χ1v) is 7.41. The largest absolute Gasteiger partial charge is 0.389 e. The number of ether oxygens (including phenoxy) is 1. The SMILES string of the molecule is Cc1ncsc1CCOCc1cc(F)cc(C(N)=S)c1. The average molecular weight is 310 g/mol. The summed E-state index contributed by atoms with van der Waals surface area (Å²) in [6.45, 7) is 2.89. The van der Waals surface area contributed by atoms with Crippen LogP contribution < -0.4 is 5.73 Å². The highest BCUT2D eigenvalue weighted by atomic mass is 32.1. The molecule has 3 nitrogen and oxygen atoms in total. The van der Waals surface area contributed by atoms with Crippen LogP contribution in [0.5, 0.6) is 0 Å². The number of nitrogens with zero attached hydrogens (tertiary/aromatic N) is 1. The number of thiazole rings is 1. The molecule has 0 bridgehead atoms. The highest BCUT2D eigenvalue weighted by Gasteiger charge is 2.05. The molecule has 0 amide bonds. The molecular weight excluding hydrogens is 295 g/mol. The number of hydrogen-bond acceptors (Lipinski definition) is 4. The zero-order valence-electron chi connectivity index (χ0n) is 11.1. The minimum atomic E-state index is -0.354. The molecule has 0 saturated carbocycles. The summed E-state index contributed by atoms with van der Waals surface area (Å²) >= 11 is 6.47. The molecule has 0 aliphatic rings. The fourth-order valence-corrected chi connectivity index (χ4v) is 2.68. The van der Waals surface area contributed by atoms with Crippen LogP contribution in [-0.2, 0) is 17.8 Å². The summed E-state index contributed by atoms with van der Waals surface area (Å²) in [5.74, 6) is -0.354. The van der Waals surface area contributed by atoms with Crippen molar-refractivity contribution in [2.45, 2.75) is 20.0 Å². The summed E-state index contributed by atoms with van der Waals surface area (Å²) in [4.78, 5) is 5.58. The third kappa shape index (κ3) is 4.06. The molecule has 6 heteroatoms. The summed E-state index contributed by atoms with van der Waals surface area (Å²) in [7, 11) is 0. The summed E-state index contributed by atoms with van der Waals surface area (Å²) in [5, 5.41) is 0. The van der Waals surface area contributed by atoms with Crippen LogP contribution in [0.4, 0.5) is 4.39 Å². The van der Waals surface area contributed by atoms with Crippen LogP contribution >= 0.6 is 23.6 Å². The Morgan fingerprint density at radius 3 is 2.90 bits per heavy atom. The van der Waals surface area contributed by atoms with E-state index in [0.29, 0.717) is 18.8 Å². The van der Waals surface area contributed by atoms with Crippen molar-refractivity contribution in [3.05, 3.63) is 51.2 Å². The van der Waals surface area contributed by atoms with E-state index >= 15 is 0 Å². The summed E-state index contributed by atoms with van der Waals surface area (Å²) in [6.07, 6.45) is 0.813. The maximum atomic E-state index is 13.4. The van der Waals surface area contributed by atoms with Crippen molar-refractivity contribution in [2.24, 2.45) is 5.73 Å². The summed E-state index contributed by atoms with van der Waals surface area (Å²) < 4.78 is 19.0. The smallest absolute Gasteiger partial charge is 0.124 e. The minimum absolute atomic E-state index is 0.186. The van der Waals surface area contributed by atoms with Crippen molar-refractivity contribution in [1.82, 2.24) is 4.98 Å². The quantitative estimate of drug-likeness (QED) is 0.658. The van der Waals surface area contributed by atoms with E-state index in [1.165, 1.54) is 17.0 Å². The van der Waals surface area contributed by atoms with Gasteiger partial charge in [-0.1, -0.05) is 12.2 Å². The number of benzene rings is 1. The second-order valence-electron chi connectivity index (χ2n) is 4.38. The standard InChI is InChI=1S/C14H15FN2OS2/c1-9-13(20-8-17-9)2-3-18-7-10-4-11(14(16)19)6-12(15)5-10/h4-6,8H,2-3,7H2,1H3,(H2,16,19). The molecule has 20 heavy (non-hydrogen) atoms. The van der Waals surface area contributed by atoms with Crippen molar-refractivity contribution in [2.75, 3.05) is 6.61 Å². The van der Waals surface area contributed by atoms with Gasteiger partial charge in [0.05, 0.1) is 24.4 Å². The van der Waals surface area contributed by atoms with Crippen molar-refractivity contribution in [1.29, 1.82) is 0 Å². The van der Waals surface area contributed by atoms with Gasteiger partial charge >= 0.3 is 0 Å². The van der Waals surface area contributed by atoms with Crippen molar-refractivity contribution in [3.8, 4) is 0 Å². The average Bonchev–Trinajstić information content (AvgIpc) is 2.80. The molecule has 1 aromatic heterocycles. The molecule has 1 heterocycles. The van der Waals surface area contributed by atoms with Crippen LogP contribution in [0.25, 0.3) is 0 Å². The Kier molecular flexibility index (Phi) is 5.17. The lowest BCUT2D eigenvalue weighted by atomic mass is 10.1. The molecule has 0 aliphatic carbocycles. The lowest BCUT2D eigenvalue weighted by molar-refractivity contribution is 0.124. The molecule has 0 atom stereocenters. The lowest BCUT2D eigenvalue weighted by Crippen LogP contribution is -2.10. The normalized spacial score (nSPS) is 10.7. The van der Waals surface area contributed by atoms with E-state index < -0.39 is 0 Å². The highest BCUT2D eigenvalue weighted by Crippen LogP contribution is 2.14. The molecule has 0 aliphatic heterocycles. The van der Waals surface area contributed by atoms with Gasteiger partial charge in [0.1, 0.15) is 10.8 Å². The molecule has 0 spiro atoms. The Bertz CT molecular complexity index is 613. The van der Waals surface area contributed by atoms with E-state index in [0.717, 1.165) is 17.7 Å². The Morgan fingerprint density at radius 2 is 2.25 bits per heavy atom. The molecule has 0 fully saturated rings. The van der Waals surface area contributed by atoms with Crippen LogP contribution in [0.3, 0.4) is 0 Å². The van der Waals surface area contributed by atoms with Crippen LogP contribution in [0.2, 0.25) is 0 Å². The molecule has 2 N–H and O–H groups in total. The molecular formula is C14H15FN2OS2. The predicted molar refractivity (Wildman–Crippen MR) is 82.5 cm³/mol. The first kappa shape index (κ1) is 15.0. The van der Waals surface area contributed by atoms with Gasteiger partial charge in [0.2, 0.25) is 0 Å². The Balaban J connectivity index is 1.88. The molecule has 0 radical (unpaired) electrons. The molecule has 0 saturated heterocycles. The van der Waals surface area contributed by atoms with Gasteiger partial charge in [-0.05, 0) is 30.7 Å². The first-order valence-electron chi connectivity index (χ1n) is 6.12. The van der Waals surface area contributed by atoms with E-state index in [4.69, 9.17) is 22.7 Å². The number of rotatable bonds is 6. The lowest BCUT2D eigenvalue weighted by Gasteiger charge is -2.06. The van der Waals surface area contributed by atoms with Crippen molar-refractivity contribution >= 4 is 28.5 Å². The van der Waals surface area contributed by atoms with E-state index in [-0.39, 0.29) is 10.8 Å². The maximum absolute atomic E-state index is 13.4. The summed E-state index contributed by atoms with van der Waals surface area (Å²) in [5.41, 5.74) is 9.63. The second-order valence-corrected chi connectivity index (χ2v) is 5.76. The molecule has 2 aromatic rings. The topological polar surface area (TPSA) is 48.1 Å². The second kappa shape index (κ2) is 6.88. The number of thiocarbonyl (C=S) groups is 1. The fourth-order valence-electron chi connectivity index (χ4n) is 1.80. The van der Waals surface area contributed by atoms with Gasteiger partial charge in [-0.15, -0.1) is 11.3 Å². The van der Waals surface area contributed by atoms with Gasteiger partial charge in [-0.3, -0.25) is 0 Å². The van der Waals surface area contributed by atoms with Crippen molar-refractivity contribution < 1.29 is 9.13 Å². The Hall–Kier alpha value is -1.37. The Morgan fingerprint density at radius 1 is 1.45 bits per heavy atom. The van der Waals surface area contributed by atoms with Gasteiger partial charge in [0.25, 0.3) is 0 Å². The van der Waals surface area contributed by atoms with Gasteiger partial charge in [-0.2, -0.15) is 0 Å². The fraction of sp³-hybridized carbons (Fsp3) is 0.286. The zero-order chi connectivity index (χ0) is 14.5. The minimum Gasteiger partial charge on any atom is -0.389 e. The maximum Gasteiger partial charge on any atom is 0.124 e. The van der Waals surface area contributed by atoms with Crippen LogP contribution in [0, 0.1) is 12.7 Å². The first-order chi connectivity index (χ1) is 9.56. The van der Waals surface area contributed by atoms with E-state index in [1.54, 1.807) is 17.4 Å². The monoisotopic (exact) mass is 310 g/mol. The number of halogens is 1. The molecule has 0 unspecified atom stereocenters. The molecule has 106 valence electrons. The van der Waals surface area contributed by atoms with Crippen molar-refractivity contribution in [3.63, 3.8) is 0 Å². The predicted octanol–water partition coefficient (Wildman–Crippen LogP) is 2.98. The molecule has 1 aromatic carbocycles. The number of aromatic nitrogens is 1.